The fourth-order valence-corrected chi connectivity index (χ4v) is 5.53. The second-order valence-electron chi connectivity index (χ2n) is 9.88. The normalized spacial score (nSPS) is 28.3. The lowest BCUT2D eigenvalue weighted by Crippen LogP contribution is -2.56. The van der Waals surface area contributed by atoms with Crippen LogP contribution in [-0.4, -0.2) is 72.4 Å². The Balaban J connectivity index is 1.13. The molecule has 178 valence electrons. The molecule has 2 aliphatic carbocycles. The van der Waals surface area contributed by atoms with Gasteiger partial charge in [0.15, 0.2) is 0 Å². The highest BCUT2D eigenvalue weighted by molar-refractivity contribution is 6.48. The molecule has 9 nitrogen and oxygen atoms in total. The number of benzene rings is 1. The molecule has 2 saturated carbocycles. The molecule has 5 rings (SSSR count). The van der Waals surface area contributed by atoms with Crippen LogP contribution in [0.15, 0.2) is 12.1 Å². The summed E-state index contributed by atoms with van der Waals surface area (Å²) >= 11 is 0. The van der Waals surface area contributed by atoms with Crippen molar-refractivity contribution in [1.82, 2.24) is 10.2 Å². The molecular weight excluding hydrogens is 425 g/mol. The topological polar surface area (TPSA) is 134 Å². The zero-order chi connectivity index (χ0) is 23.1. The summed E-state index contributed by atoms with van der Waals surface area (Å²) in [5.74, 6) is 0.0689. The van der Waals surface area contributed by atoms with Gasteiger partial charge in [0.2, 0.25) is 5.91 Å². The average Bonchev–Trinajstić information content (AvgIpc) is 3.56. The smallest absolute Gasteiger partial charge is 0.526 e. The van der Waals surface area contributed by atoms with E-state index in [1.807, 2.05) is 6.07 Å². The number of hydrogen-bond acceptors (Lipinski definition) is 7. The fraction of sp³-hybridized carbons (Fsp3) is 0.652. The van der Waals surface area contributed by atoms with E-state index in [9.17, 15) is 19.7 Å². The Morgan fingerprint density at radius 1 is 1.24 bits per heavy atom. The Bertz CT molecular complexity index is 916. The van der Waals surface area contributed by atoms with Gasteiger partial charge in [0, 0.05) is 31.4 Å². The Labute approximate surface area is 193 Å². The number of hydrogen-bond donors (Lipinski definition) is 4. The number of carbonyl (C=O) groups is 2. The number of aromatic carboxylic acids is 1. The minimum atomic E-state index is -1.14. The summed E-state index contributed by atoms with van der Waals surface area (Å²) in [6.07, 6.45) is 5.38. The quantitative estimate of drug-likeness (QED) is 0.428. The van der Waals surface area contributed by atoms with Gasteiger partial charge in [-0.25, -0.2) is 4.79 Å². The number of nitrogens with two attached hydrogens (primary N) is 1. The van der Waals surface area contributed by atoms with Crippen molar-refractivity contribution in [3.63, 3.8) is 0 Å². The first-order valence-electron chi connectivity index (χ1n) is 12.1. The molecule has 5 N–H and O–H groups in total. The van der Waals surface area contributed by atoms with Crippen LogP contribution in [0, 0.1) is 5.92 Å². The maximum absolute atomic E-state index is 12.7. The van der Waals surface area contributed by atoms with Crippen molar-refractivity contribution in [2.75, 3.05) is 26.2 Å². The predicted octanol–water partition coefficient (Wildman–Crippen LogP) is 1.20. The number of carboxylic acids is 1. The van der Waals surface area contributed by atoms with Gasteiger partial charge in [0.25, 0.3) is 0 Å². The monoisotopic (exact) mass is 457 g/mol. The van der Waals surface area contributed by atoms with Crippen LogP contribution in [0.1, 0.15) is 60.4 Å². The highest BCUT2D eigenvalue weighted by Crippen LogP contribution is 2.60. The van der Waals surface area contributed by atoms with Crippen LogP contribution in [0.2, 0.25) is 5.82 Å². The Morgan fingerprint density at radius 3 is 2.70 bits per heavy atom. The number of ether oxygens (including phenoxy) is 1. The number of fused-ring (bicyclic) bond motifs is 3. The summed E-state index contributed by atoms with van der Waals surface area (Å²) in [5.41, 5.74) is 6.34. The molecule has 1 aromatic carbocycles. The van der Waals surface area contributed by atoms with Gasteiger partial charge in [0.05, 0.1) is 13.1 Å². The number of amides is 1. The van der Waals surface area contributed by atoms with Crippen molar-refractivity contribution < 1.29 is 29.1 Å². The minimum Gasteiger partial charge on any atom is -0.535 e. The number of carboxylic acid groups (broad SMARTS) is 1. The maximum atomic E-state index is 12.7. The van der Waals surface area contributed by atoms with Crippen molar-refractivity contribution in [2.45, 2.75) is 62.4 Å². The standard InChI is InChI=1S/C23H32BN3O6/c25-7-8-26-14-3-1-13(2-4-14)9-20(28)27-11-15(12-27)32-19-6-5-16-17-10-18(17)24(31)33-22(16)21(19)23(29)30/h5-6,13-15,17-18,26,31H,1-4,7-12,25H2,(H,29,30)/t13?,14?,17-,18-/m0/s1. The SMILES string of the molecule is NCCNC1CCC(CC(=O)N2CC(Oc3ccc4c(c3C(=O)O)OB(O)[C@H]3C[C@@H]43)C2)CC1. The van der Waals surface area contributed by atoms with Crippen LogP contribution in [0.25, 0.3) is 0 Å². The largest absolute Gasteiger partial charge is 0.535 e. The van der Waals surface area contributed by atoms with Crippen LogP contribution in [0.4, 0.5) is 0 Å². The molecular formula is C23H32BN3O6. The van der Waals surface area contributed by atoms with E-state index in [1.54, 1.807) is 11.0 Å². The molecule has 33 heavy (non-hydrogen) atoms. The molecule has 0 aromatic heterocycles. The van der Waals surface area contributed by atoms with E-state index in [2.05, 4.69) is 5.32 Å². The van der Waals surface area contributed by atoms with E-state index in [4.69, 9.17) is 15.1 Å². The first-order valence-corrected chi connectivity index (χ1v) is 12.1. The minimum absolute atomic E-state index is 0.0401. The highest BCUT2D eigenvalue weighted by atomic mass is 16.5. The first kappa shape index (κ1) is 22.5. The third-order valence-corrected chi connectivity index (χ3v) is 7.59. The maximum Gasteiger partial charge on any atom is 0.526 e. The third kappa shape index (κ3) is 4.56. The zero-order valence-electron chi connectivity index (χ0n) is 18.7. The van der Waals surface area contributed by atoms with Crippen molar-refractivity contribution in [3.05, 3.63) is 23.3 Å². The predicted molar refractivity (Wildman–Crippen MR) is 122 cm³/mol. The van der Waals surface area contributed by atoms with E-state index in [0.29, 0.717) is 38.0 Å². The van der Waals surface area contributed by atoms with E-state index in [0.717, 1.165) is 44.2 Å². The van der Waals surface area contributed by atoms with E-state index in [1.165, 1.54) is 0 Å². The van der Waals surface area contributed by atoms with E-state index < -0.39 is 13.1 Å². The van der Waals surface area contributed by atoms with Gasteiger partial charge in [-0.15, -0.1) is 0 Å². The van der Waals surface area contributed by atoms with Crippen molar-refractivity contribution in [3.8, 4) is 11.5 Å². The summed E-state index contributed by atoms with van der Waals surface area (Å²) in [5, 5.41) is 23.3. The second kappa shape index (κ2) is 9.16. The van der Waals surface area contributed by atoms with Crippen molar-refractivity contribution in [1.29, 1.82) is 0 Å². The molecule has 1 aromatic rings. The van der Waals surface area contributed by atoms with Crippen LogP contribution in [-0.2, 0) is 4.79 Å². The molecule has 2 aliphatic heterocycles. The number of rotatable bonds is 8. The molecule has 1 amide bonds. The van der Waals surface area contributed by atoms with Gasteiger partial charge < -0.3 is 35.5 Å². The Hall–Kier alpha value is -2.30. The van der Waals surface area contributed by atoms with Gasteiger partial charge in [0.1, 0.15) is 23.2 Å². The van der Waals surface area contributed by atoms with Crippen molar-refractivity contribution >= 4 is 19.0 Å². The summed E-state index contributed by atoms with van der Waals surface area (Å²) in [6, 6.07) is 4.03. The molecule has 0 radical (unpaired) electrons. The third-order valence-electron chi connectivity index (χ3n) is 7.59. The molecule has 1 saturated heterocycles. The van der Waals surface area contributed by atoms with Crippen molar-refractivity contribution in [2.24, 2.45) is 11.7 Å². The lowest BCUT2D eigenvalue weighted by molar-refractivity contribution is -0.141. The summed E-state index contributed by atoms with van der Waals surface area (Å²) in [6.45, 7) is 2.39. The van der Waals surface area contributed by atoms with Gasteiger partial charge in [-0.2, -0.15) is 0 Å². The van der Waals surface area contributed by atoms with Gasteiger partial charge in [-0.1, -0.05) is 6.07 Å². The van der Waals surface area contributed by atoms with Gasteiger partial charge in [-0.3, -0.25) is 4.79 Å². The Morgan fingerprint density at radius 2 is 2.00 bits per heavy atom. The molecule has 2 heterocycles. The molecule has 10 heteroatoms. The molecule has 3 fully saturated rings. The number of carbonyl (C=O) groups excluding carboxylic acids is 1. The Kier molecular flexibility index (Phi) is 6.24. The van der Waals surface area contributed by atoms with Crippen LogP contribution < -0.4 is 20.4 Å². The van der Waals surface area contributed by atoms with Crippen LogP contribution >= 0.6 is 0 Å². The first-order chi connectivity index (χ1) is 15.9. The number of nitrogens with zero attached hydrogens (tertiary/aromatic N) is 1. The fourth-order valence-electron chi connectivity index (χ4n) is 5.53. The van der Waals surface area contributed by atoms with Crippen LogP contribution in [0.5, 0.6) is 11.5 Å². The van der Waals surface area contributed by atoms with E-state index >= 15 is 0 Å². The highest BCUT2D eigenvalue weighted by Gasteiger charge is 2.54. The van der Waals surface area contributed by atoms with Gasteiger partial charge >= 0.3 is 13.1 Å². The average molecular weight is 457 g/mol. The lowest BCUT2D eigenvalue weighted by Gasteiger charge is -2.40. The summed E-state index contributed by atoms with van der Waals surface area (Å²) < 4.78 is 11.5. The number of likely N-dealkylation sites (tertiary alicyclic amines) is 1. The summed E-state index contributed by atoms with van der Waals surface area (Å²) in [7, 11) is -0.973. The molecule has 0 bridgehead atoms. The van der Waals surface area contributed by atoms with Crippen LogP contribution in [0.3, 0.4) is 0 Å². The zero-order valence-corrected chi connectivity index (χ0v) is 18.7. The molecule has 0 unspecified atom stereocenters. The van der Waals surface area contributed by atoms with E-state index in [-0.39, 0.29) is 40.8 Å². The molecule has 4 aliphatic rings. The second-order valence-corrected chi connectivity index (χ2v) is 9.88. The van der Waals surface area contributed by atoms with Gasteiger partial charge in [-0.05, 0) is 55.6 Å². The molecule has 0 spiro atoms. The number of nitrogens with one attached hydrogen (secondary N) is 1. The summed E-state index contributed by atoms with van der Waals surface area (Å²) in [4.78, 5) is 26.4. The lowest BCUT2D eigenvalue weighted by atomic mass is 9.77. The molecule has 2 atom stereocenters.